The van der Waals surface area contributed by atoms with Crippen LogP contribution in [0.15, 0.2) is 59.1 Å². The standard InChI is InChI=1S/C38H45N9O9/c1-3-29-38-46-45-31(56-38)19-40-34(52)26(15-21-10-12-23(48)13-11-21)43-36(54)27(16-22-18-39-25-8-5-4-7-24(22)25)42-33(51)20(2)41-35(53)28(17-32(49)50)44-37(55)30-9-6-14-47(29)30/h4-5,7-8,10-13,18,20,26-30,39,48H,3,6,9,14-17,19H2,1-2H3,(H,40,52)(H,41,53)(H,42,51)(H,43,54)(H,44,55)(H,49,50)/t20-,26-,27-,28-,29?,30-/m0/s1. The molecular formula is C38H45N9O9. The van der Waals surface area contributed by atoms with Gasteiger partial charge in [0.1, 0.15) is 29.9 Å². The SMILES string of the molecule is CCC1c2nnc(o2)CNC(=O)[C@H](Cc2ccc(O)cc2)NC(=O)[C@H](Cc2c[nH]c3ccccc23)NC(=O)[C@H](C)NC(=O)[C@H](CC(=O)O)NC(=O)[C@@H]2CCCN12. The number of aliphatic carboxylic acids is 1. The molecule has 0 radical (unpaired) electrons. The second kappa shape index (κ2) is 17.4. The summed E-state index contributed by atoms with van der Waals surface area (Å²) >= 11 is 0. The Bertz CT molecular complexity index is 2080. The number of rotatable bonds is 7. The first kappa shape index (κ1) is 39.4. The van der Waals surface area contributed by atoms with E-state index in [0.717, 1.165) is 10.9 Å². The molecule has 1 fully saturated rings. The molecule has 0 saturated carbocycles. The van der Waals surface area contributed by atoms with Crippen LogP contribution in [0.1, 0.15) is 68.5 Å². The summed E-state index contributed by atoms with van der Waals surface area (Å²) in [6.45, 7) is 3.54. The Hall–Kier alpha value is -6.30. The average molecular weight is 772 g/mol. The zero-order valence-electron chi connectivity index (χ0n) is 30.9. The lowest BCUT2D eigenvalue weighted by Gasteiger charge is -2.30. The largest absolute Gasteiger partial charge is 0.508 e. The van der Waals surface area contributed by atoms with Crippen molar-refractivity contribution in [3.05, 3.63) is 77.6 Å². The Morgan fingerprint density at radius 2 is 1.55 bits per heavy atom. The van der Waals surface area contributed by atoms with Gasteiger partial charge in [0.15, 0.2) is 0 Å². The number of carbonyl (C=O) groups is 6. The van der Waals surface area contributed by atoms with Gasteiger partial charge >= 0.3 is 5.97 Å². The Labute approximate surface area is 321 Å². The number of phenolic OH excluding ortho intramolecular Hbond substituents is 1. The number of aromatic hydroxyl groups is 1. The van der Waals surface area contributed by atoms with E-state index in [1.807, 2.05) is 36.1 Å². The molecule has 2 aromatic carbocycles. The Morgan fingerprint density at radius 1 is 0.857 bits per heavy atom. The Balaban J connectivity index is 1.34. The predicted octanol–water partition coefficient (Wildman–Crippen LogP) is 0.721. The fourth-order valence-corrected chi connectivity index (χ4v) is 7.16. The topological polar surface area (TPSA) is 261 Å². The molecule has 8 N–H and O–H groups in total. The third kappa shape index (κ3) is 9.31. The number of amides is 5. The van der Waals surface area contributed by atoms with Crippen molar-refractivity contribution in [2.75, 3.05) is 6.54 Å². The molecule has 18 nitrogen and oxygen atoms in total. The average Bonchev–Trinajstić information content (AvgIpc) is 3.95. The molecule has 1 saturated heterocycles. The molecular weight excluding hydrogens is 726 g/mol. The van der Waals surface area contributed by atoms with Gasteiger partial charge in [0.2, 0.25) is 41.3 Å². The lowest BCUT2D eigenvalue weighted by Crippen LogP contribution is -2.59. The quantitative estimate of drug-likeness (QED) is 0.129. The maximum absolute atomic E-state index is 14.2. The molecule has 6 atom stereocenters. The van der Waals surface area contributed by atoms with Gasteiger partial charge in [0, 0.05) is 29.9 Å². The van der Waals surface area contributed by atoms with E-state index >= 15 is 0 Å². The van der Waals surface area contributed by atoms with Crippen LogP contribution in [0.2, 0.25) is 0 Å². The minimum Gasteiger partial charge on any atom is -0.508 e. The van der Waals surface area contributed by atoms with Crippen LogP contribution in [0.25, 0.3) is 10.9 Å². The number of hydrogen-bond acceptors (Lipinski definition) is 11. The summed E-state index contributed by atoms with van der Waals surface area (Å²) < 4.78 is 5.97. The van der Waals surface area contributed by atoms with E-state index in [9.17, 15) is 39.0 Å². The summed E-state index contributed by atoms with van der Waals surface area (Å²) in [4.78, 5) is 85.8. The summed E-state index contributed by atoms with van der Waals surface area (Å²) in [6, 6.07) is 7.02. The first-order valence-corrected chi connectivity index (χ1v) is 18.5. The number of nitrogens with one attached hydrogen (secondary N) is 6. The molecule has 1 unspecified atom stereocenters. The predicted molar refractivity (Wildman–Crippen MR) is 198 cm³/mol. The van der Waals surface area contributed by atoms with Crippen molar-refractivity contribution in [1.29, 1.82) is 0 Å². The van der Waals surface area contributed by atoms with Crippen molar-refractivity contribution in [3.63, 3.8) is 0 Å². The van der Waals surface area contributed by atoms with Gasteiger partial charge in [-0.05, 0) is 62.1 Å². The zero-order valence-corrected chi connectivity index (χ0v) is 30.9. The van der Waals surface area contributed by atoms with E-state index in [1.165, 1.54) is 19.1 Å². The van der Waals surface area contributed by atoms with Crippen LogP contribution in [-0.4, -0.2) is 103 Å². The molecule has 2 aliphatic rings. The van der Waals surface area contributed by atoms with Crippen molar-refractivity contribution in [3.8, 4) is 5.75 Å². The number of para-hydroxylation sites is 1. The highest BCUT2D eigenvalue weighted by Gasteiger charge is 2.40. The van der Waals surface area contributed by atoms with Crippen LogP contribution in [0, 0.1) is 0 Å². The van der Waals surface area contributed by atoms with E-state index < -0.39 is 78.2 Å². The number of hydrogen-bond donors (Lipinski definition) is 8. The van der Waals surface area contributed by atoms with E-state index in [0.29, 0.717) is 36.9 Å². The monoisotopic (exact) mass is 771 g/mol. The molecule has 5 amide bonds. The third-order valence-corrected chi connectivity index (χ3v) is 10.1. The van der Waals surface area contributed by atoms with Gasteiger partial charge in [-0.3, -0.25) is 33.7 Å². The summed E-state index contributed by atoms with van der Waals surface area (Å²) in [7, 11) is 0. The van der Waals surface area contributed by atoms with Crippen molar-refractivity contribution >= 4 is 46.4 Å². The number of aromatic amines is 1. The van der Waals surface area contributed by atoms with E-state index in [4.69, 9.17) is 4.42 Å². The van der Waals surface area contributed by atoms with E-state index in [-0.39, 0.29) is 36.9 Å². The molecule has 18 heteroatoms. The van der Waals surface area contributed by atoms with Gasteiger partial charge in [-0.25, -0.2) is 0 Å². The molecule has 56 heavy (non-hydrogen) atoms. The first-order valence-electron chi connectivity index (χ1n) is 18.5. The molecule has 6 rings (SSSR count). The van der Waals surface area contributed by atoms with Crippen molar-refractivity contribution < 1.29 is 43.4 Å². The number of phenols is 1. The number of H-pyrrole nitrogens is 1. The molecule has 296 valence electrons. The molecule has 0 aliphatic carbocycles. The van der Waals surface area contributed by atoms with Gasteiger partial charge in [0.25, 0.3) is 0 Å². The highest BCUT2D eigenvalue weighted by Crippen LogP contribution is 2.31. The highest BCUT2D eigenvalue weighted by molar-refractivity contribution is 5.97. The van der Waals surface area contributed by atoms with E-state index in [2.05, 4.69) is 41.8 Å². The molecule has 0 spiro atoms. The lowest BCUT2D eigenvalue weighted by atomic mass is 10.0. The molecule has 2 aromatic heterocycles. The number of aromatic nitrogens is 3. The van der Waals surface area contributed by atoms with Crippen LogP contribution in [-0.2, 0) is 48.2 Å². The molecule has 2 bridgehead atoms. The number of fused-ring (bicyclic) bond motifs is 4. The summed E-state index contributed by atoms with van der Waals surface area (Å²) in [5.74, 6) is -4.62. The number of carbonyl (C=O) groups excluding carboxylic acids is 5. The number of benzene rings is 2. The van der Waals surface area contributed by atoms with Gasteiger partial charge in [-0.2, -0.15) is 0 Å². The zero-order chi connectivity index (χ0) is 39.9. The Kier molecular flexibility index (Phi) is 12.3. The molecule has 2 aliphatic heterocycles. The number of carboxylic acids is 1. The number of nitrogens with zero attached hydrogens (tertiary/aromatic N) is 3. The van der Waals surface area contributed by atoms with Gasteiger partial charge in [-0.15, -0.1) is 10.2 Å². The molecule has 4 aromatic rings. The molecule has 4 heterocycles. The van der Waals surface area contributed by atoms with Crippen LogP contribution in [0.3, 0.4) is 0 Å². The highest BCUT2D eigenvalue weighted by atomic mass is 16.4. The van der Waals surface area contributed by atoms with Crippen molar-refractivity contribution in [2.24, 2.45) is 0 Å². The van der Waals surface area contributed by atoms with Gasteiger partial charge < -0.3 is 46.2 Å². The van der Waals surface area contributed by atoms with Crippen LogP contribution < -0.4 is 26.6 Å². The van der Waals surface area contributed by atoms with Crippen LogP contribution in [0.4, 0.5) is 0 Å². The fraction of sp³-hybridized carbons (Fsp3) is 0.421. The van der Waals surface area contributed by atoms with Gasteiger partial charge in [0.05, 0.1) is 25.0 Å². The second-order valence-corrected chi connectivity index (χ2v) is 14.0. The van der Waals surface area contributed by atoms with Crippen molar-refractivity contribution in [1.82, 2.24) is 46.7 Å². The summed E-state index contributed by atoms with van der Waals surface area (Å²) in [6.07, 6.45) is 2.46. The lowest BCUT2D eigenvalue weighted by molar-refractivity contribution is -0.141. The second-order valence-electron chi connectivity index (χ2n) is 14.0. The fourth-order valence-electron chi connectivity index (χ4n) is 7.16. The van der Waals surface area contributed by atoms with E-state index in [1.54, 1.807) is 18.3 Å². The summed E-state index contributed by atoms with van der Waals surface area (Å²) in [5, 5.41) is 41.9. The third-order valence-electron chi connectivity index (χ3n) is 10.1. The van der Waals surface area contributed by atoms with Crippen LogP contribution >= 0.6 is 0 Å². The number of carboxylic acid groups (broad SMARTS) is 1. The van der Waals surface area contributed by atoms with Gasteiger partial charge in [-0.1, -0.05) is 37.3 Å². The Morgan fingerprint density at radius 3 is 2.30 bits per heavy atom. The minimum absolute atomic E-state index is 0.00734. The first-order chi connectivity index (χ1) is 26.9. The maximum atomic E-state index is 14.2. The minimum atomic E-state index is -1.52. The smallest absolute Gasteiger partial charge is 0.305 e. The summed E-state index contributed by atoms with van der Waals surface area (Å²) in [5.41, 5.74) is 2.10. The maximum Gasteiger partial charge on any atom is 0.305 e. The van der Waals surface area contributed by atoms with Crippen LogP contribution in [0.5, 0.6) is 5.75 Å². The normalized spacial score (nSPS) is 24.6. The van der Waals surface area contributed by atoms with Crippen molar-refractivity contribution in [2.45, 2.75) is 95.2 Å².